The minimum atomic E-state index is -0.838. The number of nitrogens with one attached hydrogen (secondary N) is 1. The number of imidazole rings is 1. The van der Waals surface area contributed by atoms with Gasteiger partial charge in [0.25, 0.3) is 5.56 Å². The van der Waals surface area contributed by atoms with Gasteiger partial charge in [-0.15, -0.1) is 0 Å². The van der Waals surface area contributed by atoms with E-state index in [0.29, 0.717) is 11.2 Å². The topological polar surface area (TPSA) is 94.1 Å². The summed E-state index contributed by atoms with van der Waals surface area (Å²) in [4.78, 5) is 28.6. The van der Waals surface area contributed by atoms with Gasteiger partial charge in [0.2, 0.25) is 0 Å². The molecule has 0 aliphatic rings. The number of hydrogen-bond acceptors (Lipinski definition) is 5. The number of aliphatic hydroxyl groups excluding tert-OH is 1. The van der Waals surface area contributed by atoms with Crippen LogP contribution in [0.5, 0.6) is 0 Å². The second kappa shape index (κ2) is 7.89. The first kappa shape index (κ1) is 19.1. The number of fused-ring (bicyclic) bond motifs is 1. The highest BCUT2D eigenvalue weighted by atomic mass is 16.3. The molecular weight excluding hydrogens is 346 g/mol. The molecule has 0 radical (unpaired) electrons. The molecule has 0 aliphatic heterocycles. The Bertz CT molecular complexity index is 1040. The molecule has 0 amide bonds. The molecule has 8 heteroatoms. The first-order valence-electron chi connectivity index (χ1n) is 8.97. The second-order valence-corrected chi connectivity index (χ2v) is 6.88. The van der Waals surface area contributed by atoms with Gasteiger partial charge < -0.3 is 9.67 Å². The van der Waals surface area contributed by atoms with Crippen molar-refractivity contribution in [3.05, 3.63) is 63.1 Å². The molecule has 3 rings (SSSR count). The first-order valence-corrected chi connectivity index (χ1v) is 8.97. The maximum atomic E-state index is 12.4. The Morgan fingerprint density at radius 3 is 2.56 bits per heavy atom. The van der Waals surface area contributed by atoms with Crippen LogP contribution in [0.15, 0.2) is 46.2 Å². The van der Waals surface area contributed by atoms with E-state index in [1.54, 1.807) is 11.6 Å². The van der Waals surface area contributed by atoms with Crippen LogP contribution in [-0.2, 0) is 27.1 Å². The van der Waals surface area contributed by atoms with E-state index in [-0.39, 0.29) is 12.6 Å². The highest BCUT2D eigenvalue weighted by Gasteiger charge is 2.17. The van der Waals surface area contributed by atoms with Crippen molar-refractivity contribution in [2.24, 2.45) is 14.1 Å². The summed E-state index contributed by atoms with van der Waals surface area (Å²) in [5.41, 5.74) is 1.02. The van der Waals surface area contributed by atoms with Crippen molar-refractivity contribution in [1.82, 2.24) is 24.0 Å². The number of aromatic nitrogens is 4. The Hall–Kier alpha value is -2.71. The van der Waals surface area contributed by atoms with Crippen LogP contribution in [0.3, 0.4) is 0 Å². The summed E-state index contributed by atoms with van der Waals surface area (Å²) in [6.07, 6.45) is 2.43. The lowest BCUT2D eigenvalue weighted by atomic mass is 10.1. The second-order valence-electron chi connectivity index (χ2n) is 6.88. The van der Waals surface area contributed by atoms with Gasteiger partial charge in [-0.2, -0.15) is 0 Å². The Morgan fingerprint density at radius 2 is 1.85 bits per heavy atom. The summed E-state index contributed by atoms with van der Waals surface area (Å²) in [6.45, 7) is 2.18. The van der Waals surface area contributed by atoms with Gasteiger partial charge in [-0.25, -0.2) is 9.78 Å². The van der Waals surface area contributed by atoms with Crippen LogP contribution in [0, 0.1) is 0 Å². The molecule has 0 spiro atoms. The van der Waals surface area contributed by atoms with E-state index >= 15 is 0 Å². The molecule has 27 heavy (non-hydrogen) atoms. The van der Waals surface area contributed by atoms with Crippen LogP contribution >= 0.6 is 0 Å². The summed E-state index contributed by atoms with van der Waals surface area (Å²) in [7, 11) is 3.00. The lowest BCUT2D eigenvalue weighted by molar-refractivity contribution is 0.106. The van der Waals surface area contributed by atoms with Gasteiger partial charge in [0, 0.05) is 20.1 Å². The Labute approximate surface area is 156 Å². The molecule has 8 nitrogen and oxygen atoms in total. The van der Waals surface area contributed by atoms with E-state index in [0.717, 1.165) is 17.4 Å². The molecule has 3 aromatic rings. The molecule has 2 heterocycles. The molecule has 0 aliphatic carbocycles. The Morgan fingerprint density at radius 1 is 1.15 bits per heavy atom. The molecule has 2 N–H and O–H groups in total. The molecule has 2 unspecified atom stereocenters. The van der Waals surface area contributed by atoms with E-state index in [1.807, 2.05) is 25.1 Å². The molecule has 0 bridgehead atoms. The normalized spacial score (nSPS) is 13.8. The predicted molar refractivity (Wildman–Crippen MR) is 104 cm³/mol. The highest BCUT2D eigenvalue weighted by molar-refractivity contribution is 5.69. The van der Waals surface area contributed by atoms with Crippen LogP contribution in [0.2, 0.25) is 0 Å². The molecule has 2 atom stereocenters. The number of nitrogens with zero attached hydrogens (tertiary/aromatic N) is 4. The van der Waals surface area contributed by atoms with Crippen LogP contribution in [0.1, 0.15) is 18.9 Å². The first-order chi connectivity index (χ1) is 12.9. The minimum absolute atomic E-state index is 0.0992. The molecule has 0 saturated heterocycles. The molecular formula is C19H25N5O3. The van der Waals surface area contributed by atoms with Gasteiger partial charge in [-0.05, 0) is 25.3 Å². The lowest BCUT2D eigenvalue weighted by Crippen LogP contribution is -2.41. The van der Waals surface area contributed by atoms with Crippen molar-refractivity contribution in [2.75, 3.05) is 0 Å². The molecule has 2 aromatic heterocycles. The minimum Gasteiger partial charge on any atom is -0.377 e. The average molecular weight is 371 g/mol. The quantitative estimate of drug-likeness (QED) is 0.585. The summed E-state index contributed by atoms with van der Waals surface area (Å²) in [5.74, 6) is 0. The monoisotopic (exact) mass is 371 g/mol. The summed E-state index contributed by atoms with van der Waals surface area (Å²) >= 11 is 0. The van der Waals surface area contributed by atoms with Crippen molar-refractivity contribution >= 4 is 11.2 Å². The fourth-order valence-electron chi connectivity index (χ4n) is 3.21. The van der Waals surface area contributed by atoms with E-state index < -0.39 is 17.5 Å². The standard InChI is InChI=1S/C19H25N5O3/c1-13(9-10-14-7-5-4-6-8-14)21-15(25)11-24-12-20-17-16(24)18(26)23(3)19(27)22(17)2/h4-8,12-13,15,21,25H,9-11H2,1-3H3. The predicted octanol–water partition coefficient (Wildman–Crippen LogP) is 0.363. The van der Waals surface area contributed by atoms with Crippen LogP contribution in [0.25, 0.3) is 11.2 Å². The van der Waals surface area contributed by atoms with Crippen molar-refractivity contribution in [3.8, 4) is 0 Å². The van der Waals surface area contributed by atoms with Gasteiger partial charge in [-0.1, -0.05) is 30.3 Å². The maximum absolute atomic E-state index is 12.4. The van der Waals surface area contributed by atoms with E-state index in [9.17, 15) is 14.7 Å². The highest BCUT2D eigenvalue weighted by Crippen LogP contribution is 2.08. The number of aryl methyl sites for hydroxylation is 2. The molecule has 144 valence electrons. The smallest absolute Gasteiger partial charge is 0.332 e. The largest absolute Gasteiger partial charge is 0.377 e. The lowest BCUT2D eigenvalue weighted by Gasteiger charge is -2.19. The van der Waals surface area contributed by atoms with Gasteiger partial charge in [-0.3, -0.25) is 19.2 Å². The number of aliphatic hydroxyl groups is 1. The van der Waals surface area contributed by atoms with E-state index in [2.05, 4.69) is 22.4 Å². The fourth-order valence-corrected chi connectivity index (χ4v) is 3.21. The third-order valence-electron chi connectivity index (χ3n) is 4.77. The zero-order valence-electron chi connectivity index (χ0n) is 15.8. The summed E-state index contributed by atoms with van der Waals surface area (Å²) in [5, 5.41) is 13.5. The van der Waals surface area contributed by atoms with Crippen molar-refractivity contribution in [3.63, 3.8) is 0 Å². The van der Waals surface area contributed by atoms with E-state index in [4.69, 9.17) is 0 Å². The summed E-state index contributed by atoms with van der Waals surface area (Å²) < 4.78 is 3.96. The van der Waals surface area contributed by atoms with Gasteiger partial charge in [0.1, 0.15) is 6.23 Å². The Balaban J connectivity index is 1.68. The average Bonchev–Trinajstić information content (AvgIpc) is 3.07. The van der Waals surface area contributed by atoms with Crippen molar-refractivity contribution in [2.45, 2.75) is 38.6 Å². The SMILES string of the molecule is CC(CCc1ccccc1)NC(O)Cn1cnc2c1c(=O)n(C)c(=O)n2C. The van der Waals surface area contributed by atoms with Gasteiger partial charge >= 0.3 is 5.69 Å². The third kappa shape index (κ3) is 4.01. The van der Waals surface area contributed by atoms with Gasteiger partial charge in [0.05, 0.1) is 12.9 Å². The van der Waals surface area contributed by atoms with Crippen LogP contribution in [0.4, 0.5) is 0 Å². The van der Waals surface area contributed by atoms with Crippen LogP contribution in [-0.4, -0.2) is 36.1 Å². The molecule has 0 fully saturated rings. The fraction of sp³-hybridized carbons (Fsp3) is 0.421. The zero-order chi connectivity index (χ0) is 19.6. The molecule has 0 saturated carbocycles. The van der Waals surface area contributed by atoms with E-state index in [1.165, 1.54) is 23.5 Å². The zero-order valence-corrected chi connectivity index (χ0v) is 15.8. The Kier molecular flexibility index (Phi) is 5.57. The maximum Gasteiger partial charge on any atom is 0.332 e. The van der Waals surface area contributed by atoms with Crippen molar-refractivity contribution < 1.29 is 5.11 Å². The van der Waals surface area contributed by atoms with Crippen LogP contribution < -0.4 is 16.6 Å². The molecule has 1 aromatic carbocycles. The van der Waals surface area contributed by atoms with Gasteiger partial charge in [0.15, 0.2) is 11.2 Å². The number of benzene rings is 1. The number of hydrogen-bond donors (Lipinski definition) is 2. The van der Waals surface area contributed by atoms with Crippen molar-refractivity contribution in [1.29, 1.82) is 0 Å². The summed E-state index contributed by atoms with van der Waals surface area (Å²) in [6, 6.07) is 10.3. The number of rotatable bonds is 7. The third-order valence-corrected chi connectivity index (χ3v) is 4.77.